The van der Waals surface area contributed by atoms with Crippen molar-refractivity contribution in [3.63, 3.8) is 0 Å². The van der Waals surface area contributed by atoms with Crippen LogP contribution >= 0.6 is 0 Å². The van der Waals surface area contributed by atoms with Crippen molar-refractivity contribution in [2.75, 3.05) is 0 Å². The maximum Gasteiger partial charge on any atom is 0.482 e. The summed E-state index contributed by atoms with van der Waals surface area (Å²) in [5.41, 5.74) is 0. The Morgan fingerprint density at radius 2 is 1.60 bits per heavy atom. The predicted molar refractivity (Wildman–Crippen MR) is 1.08 cm³/mol. The van der Waals surface area contributed by atoms with Gasteiger partial charge in [0, 0.05) is 0 Å². The molecular formula is Br2O3. The van der Waals surface area contributed by atoms with Crippen LogP contribution in [0.25, 0.3) is 0 Å². The van der Waals surface area contributed by atoms with E-state index in [1.165, 1.54) is 0 Å². The lowest BCUT2D eigenvalue weighted by molar-refractivity contribution is -1.47. The Hall–Kier alpha value is 0.840. The van der Waals surface area contributed by atoms with Crippen LogP contribution in [0.1, 0.15) is 0 Å². The maximum absolute atomic E-state index is 9.15. The molecule has 0 saturated heterocycles. The second kappa shape index (κ2) is 4.84. The zero-order valence-electron chi connectivity index (χ0n) is 1.98. The lowest BCUT2D eigenvalue weighted by atomic mass is 16.0. The second-order valence-corrected chi connectivity index (χ2v) is 2.23. The van der Waals surface area contributed by atoms with Crippen molar-refractivity contribution in [3.8, 4) is 0 Å². The molecule has 3 nitrogen and oxygen atoms in total. The van der Waals surface area contributed by atoms with Crippen molar-refractivity contribution < 1.29 is 42.4 Å². The summed E-state index contributed by atoms with van der Waals surface area (Å²) in [4.78, 5) is 0. The van der Waals surface area contributed by atoms with Crippen LogP contribution in [-0.2, 0) is 2.92 Å². The molecule has 0 unspecified atom stereocenters. The summed E-state index contributed by atoms with van der Waals surface area (Å²) < 4.78 is 22.1. The van der Waals surface area contributed by atoms with Gasteiger partial charge in [0.15, 0.2) is 0 Å². The van der Waals surface area contributed by atoms with Crippen LogP contribution in [0.4, 0.5) is 0 Å². The molecular weight excluding hydrogens is 208 g/mol. The Morgan fingerprint density at radius 1 is 1.20 bits per heavy atom. The van der Waals surface area contributed by atoms with Crippen LogP contribution in [0, 0.1) is 31.1 Å². The minimum absolute atomic E-state index is 0.914. The molecule has 0 atom stereocenters. The normalized spacial score (nSPS) is 8.40. The lowest BCUT2D eigenvalue weighted by Crippen LogP contribution is -2.09. The van der Waals surface area contributed by atoms with Gasteiger partial charge in [0.05, 0.1) is 0 Å². The Kier molecular flexibility index (Phi) is 5.65. The van der Waals surface area contributed by atoms with Crippen molar-refractivity contribution in [3.05, 3.63) is 0 Å². The highest BCUT2D eigenvalue weighted by Crippen LogP contribution is 1.58. The van der Waals surface area contributed by atoms with Gasteiger partial charge in [-0.1, -0.05) is 0 Å². The van der Waals surface area contributed by atoms with Crippen molar-refractivity contribution in [2.45, 2.75) is 0 Å². The molecule has 0 rings (SSSR count). The zero-order chi connectivity index (χ0) is 4.12. The van der Waals surface area contributed by atoms with Crippen LogP contribution in [0.15, 0.2) is 0 Å². The third-order valence-electron chi connectivity index (χ3n) is 0.0476. The summed E-state index contributed by atoms with van der Waals surface area (Å²) in [6.45, 7) is 0. The van der Waals surface area contributed by atoms with Gasteiger partial charge in [-0.2, -0.15) is 0 Å². The highest BCUT2D eigenvalue weighted by atomic mass is 80.0. The smallest absolute Gasteiger partial charge is 0.482 e. The number of hydrogen-bond donors (Lipinski definition) is 0. The summed E-state index contributed by atoms with van der Waals surface area (Å²) in [5.74, 6) is 0. The van der Waals surface area contributed by atoms with Gasteiger partial charge in [-0.05, 0) is 0 Å². The summed E-state index contributed by atoms with van der Waals surface area (Å²) in [5, 5.41) is 0. The van der Waals surface area contributed by atoms with Gasteiger partial charge >= 0.3 is 31.1 Å². The minimum atomic E-state index is -0.914. The standard InChI is InChI=1S/Br2O3/c3-1-5-2-4. The van der Waals surface area contributed by atoms with E-state index in [0.29, 0.717) is 0 Å². The summed E-state index contributed by atoms with van der Waals surface area (Å²) in [6, 6.07) is 0. The van der Waals surface area contributed by atoms with E-state index in [4.69, 9.17) is 8.40 Å². The van der Waals surface area contributed by atoms with Gasteiger partial charge in [0.2, 0.25) is 0 Å². The SMILES string of the molecule is [O-][Br+]O[Br+][O-]. The molecule has 5 heteroatoms. The molecule has 0 amide bonds. The molecule has 0 spiro atoms. The summed E-state index contributed by atoms with van der Waals surface area (Å²) in [7, 11) is 0. The van der Waals surface area contributed by atoms with Gasteiger partial charge in [-0.25, -0.2) is 0 Å². The molecule has 0 aliphatic rings. The third-order valence-corrected chi connectivity index (χ3v) is 1.29. The molecule has 32 valence electrons. The van der Waals surface area contributed by atoms with Gasteiger partial charge in [-0.15, -0.1) is 0 Å². The van der Waals surface area contributed by atoms with Crippen molar-refractivity contribution in [1.82, 2.24) is 0 Å². The van der Waals surface area contributed by atoms with Crippen LogP contribution in [0.5, 0.6) is 0 Å². The Balaban J connectivity index is 2.19. The van der Waals surface area contributed by atoms with E-state index in [1.807, 2.05) is 0 Å². The fourth-order valence-electron chi connectivity index (χ4n) is 0.00972. The molecule has 0 bridgehead atoms. The molecule has 0 N–H and O–H groups in total. The fourth-order valence-corrected chi connectivity index (χ4v) is 0.262. The largest absolute Gasteiger partial charge is 0.547 e. The molecule has 0 saturated carbocycles. The highest BCUT2D eigenvalue weighted by Gasteiger charge is 1.97. The molecule has 0 aliphatic carbocycles. The van der Waals surface area contributed by atoms with E-state index in [-0.39, 0.29) is 0 Å². The molecule has 5 heavy (non-hydrogen) atoms. The first-order chi connectivity index (χ1) is 2.41. The van der Waals surface area contributed by atoms with Crippen LogP contribution in [0.3, 0.4) is 0 Å². The van der Waals surface area contributed by atoms with Crippen molar-refractivity contribution in [2.24, 2.45) is 0 Å². The first-order valence-corrected chi connectivity index (χ1v) is 3.21. The van der Waals surface area contributed by atoms with Crippen LogP contribution in [0.2, 0.25) is 0 Å². The van der Waals surface area contributed by atoms with E-state index < -0.39 is 31.1 Å². The molecule has 0 radical (unpaired) electrons. The lowest BCUT2D eigenvalue weighted by Gasteiger charge is -1.61. The van der Waals surface area contributed by atoms with Crippen LogP contribution in [-0.4, -0.2) is 0 Å². The van der Waals surface area contributed by atoms with E-state index >= 15 is 0 Å². The molecule has 0 aromatic carbocycles. The van der Waals surface area contributed by atoms with E-state index in [1.54, 1.807) is 0 Å². The first-order valence-electron chi connectivity index (χ1n) is 0.617. The topological polar surface area (TPSA) is 55.3 Å². The predicted octanol–water partition coefficient (Wildman–Crippen LogP) is -2.45. The Bertz CT molecular complexity index is 12.4. The quantitative estimate of drug-likeness (QED) is 0.506. The first kappa shape index (κ1) is 5.84. The van der Waals surface area contributed by atoms with Crippen molar-refractivity contribution >= 4 is 0 Å². The van der Waals surface area contributed by atoms with Gasteiger partial charge in [-0.3, -0.25) is 0 Å². The Morgan fingerprint density at radius 3 is 1.60 bits per heavy atom. The van der Waals surface area contributed by atoms with E-state index in [2.05, 4.69) is 2.92 Å². The summed E-state index contributed by atoms with van der Waals surface area (Å²) in [6.07, 6.45) is 0. The summed E-state index contributed by atoms with van der Waals surface area (Å²) >= 11 is -1.83. The number of halogens is 2. The molecule has 0 fully saturated rings. The number of rotatable bonds is 2. The maximum atomic E-state index is 9.15. The monoisotopic (exact) mass is 206 g/mol. The molecule has 0 aromatic rings. The van der Waals surface area contributed by atoms with Crippen LogP contribution < -0.4 is 8.40 Å². The Labute approximate surface area is 42.8 Å². The van der Waals surface area contributed by atoms with Gasteiger partial charge < -0.3 is 8.40 Å². The second-order valence-electron chi connectivity index (χ2n) is 0.184. The molecule has 0 aromatic heterocycles. The third kappa shape index (κ3) is 4.84. The average molecular weight is 208 g/mol. The van der Waals surface area contributed by atoms with E-state index in [0.717, 1.165) is 0 Å². The van der Waals surface area contributed by atoms with Crippen molar-refractivity contribution in [1.29, 1.82) is 0 Å². The zero-order valence-corrected chi connectivity index (χ0v) is 5.15. The average Bonchev–Trinajstić information content (AvgIpc) is 1.41. The number of hydrogen-bond acceptors (Lipinski definition) is 3. The van der Waals surface area contributed by atoms with Gasteiger partial charge in [0.25, 0.3) is 0 Å². The molecule has 0 heterocycles. The highest BCUT2D eigenvalue weighted by molar-refractivity contribution is 2.22. The van der Waals surface area contributed by atoms with E-state index in [9.17, 15) is 0 Å². The molecule has 0 aliphatic heterocycles. The fraction of sp³-hybridized carbons (Fsp3) is 0. The van der Waals surface area contributed by atoms with Gasteiger partial charge in [0.1, 0.15) is 2.92 Å². The minimum Gasteiger partial charge on any atom is -0.547 e.